The van der Waals surface area contributed by atoms with Gasteiger partial charge in [0.05, 0.1) is 6.33 Å². The summed E-state index contributed by atoms with van der Waals surface area (Å²) in [4.78, 5) is 33.4. The Morgan fingerprint density at radius 3 is 2.25 bits per heavy atom. The van der Waals surface area contributed by atoms with Crippen molar-refractivity contribution < 1.29 is 9.59 Å². The van der Waals surface area contributed by atoms with Crippen LogP contribution in [0.4, 0.5) is 0 Å². The molecule has 2 aliphatic rings. The summed E-state index contributed by atoms with van der Waals surface area (Å²) in [5, 5.41) is 0. The van der Waals surface area contributed by atoms with Crippen molar-refractivity contribution >= 4 is 11.8 Å². The zero-order valence-electron chi connectivity index (χ0n) is 16.3. The maximum Gasteiger partial charge on any atom is 0.253 e. The Labute approximate surface area is 166 Å². The third kappa shape index (κ3) is 4.26. The molecular formula is C22H28N4O2. The molecule has 0 unspecified atom stereocenters. The Bertz CT molecular complexity index is 786. The summed E-state index contributed by atoms with van der Waals surface area (Å²) in [5.74, 6) is 0.564. The first-order valence-corrected chi connectivity index (χ1v) is 10.3. The highest BCUT2D eigenvalue weighted by Crippen LogP contribution is 2.26. The predicted molar refractivity (Wildman–Crippen MR) is 107 cm³/mol. The zero-order valence-corrected chi connectivity index (χ0v) is 16.3. The van der Waals surface area contributed by atoms with E-state index in [2.05, 4.69) is 4.98 Å². The van der Waals surface area contributed by atoms with Crippen molar-refractivity contribution in [2.75, 3.05) is 26.2 Å². The Hall–Kier alpha value is -2.63. The van der Waals surface area contributed by atoms with E-state index in [0.29, 0.717) is 37.6 Å². The van der Waals surface area contributed by atoms with E-state index >= 15 is 0 Å². The molecule has 6 heteroatoms. The van der Waals surface area contributed by atoms with Crippen molar-refractivity contribution in [1.29, 1.82) is 0 Å². The van der Waals surface area contributed by atoms with Crippen molar-refractivity contribution in [3.63, 3.8) is 0 Å². The number of carbonyl (C=O) groups is 2. The first-order valence-electron chi connectivity index (χ1n) is 10.3. The molecule has 1 saturated heterocycles. The molecule has 148 valence electrons. The number of benzene rings is 1. The molecule has 1 aliphatic heterocycles. The van der Waals surface area contributed by atoms with Crippen LogP contribution in [-0.4, -0.2) is 57.3 Å². The van der Waals surface area contributed by atoms with Gasteiger partial charge in [-0.2, -0.15) is 0 Å². The molecule has 0 radical (unpaired) electrons. The van der Waals surface area contributed by atoms with E-state index < -0.39 is 0 Å². The van der Waals surface area contributed by atoms with Crippen LogP contribution >= 0.6 is 0 Å². The lowest BCUT2D eigenvalue weighted by atomic mass is 9.88. The molecule has 2 aromatic rings. The second-order valence-corrected chi connectivity index (χ2v) is 7.88. The number of aromatic nitrogens is 2. The van der Waals surface area contributed by atoms with E-state index in [4.69, 9.17) is 0 Å². The molecule has 0 N–H and O–H groups in total. The molecule has 2 amide bonds. The molecule has 1 saturated carbocycles. The van der Waals surface area contributed by atoms with Gasteiger partial charge in [0.15, 0.2) is 0 Å². The van der Waals surface area contributed by atoms with Gasteiger partial charge in [0.2, 0.25) is 5.91 Å². The lowest BCUT2D eigenvalue weighted by molar-refractivity contribution is -0.138. The number of carbonyl (C=O) groups excluding carboxylic acids is 2. The minimum absolute atomic E-state index is 0.0546. The molecule has 2 fully saturated rings. The predicted octanol–water partition coefficient (Wildman–Crippen LogP) is 2.80. The number of hydrogen-bond donors (Lipinski definition) is 0. The molecule has 1 aliphatic carbocycles. The maximum atomic E-state index is 12.8. The fraction of sp³-hybridized carbons (Fsp3) is 0.500. The van der Waals surface area contributed by atoms with Crippen molar-refractivity contribution in [3.05, 3.63) is 54.1 Å². The highest BCUT2D eigenvalue weighted by atomic mass is 16.2. The largest absolute Gasteiger partial charge is 0.339 e. The Morgan fingerprint density at radius 1 is 0.929 bits per heavy atom. The third-order valence-corrected chi connectivity index (χ3v) is 5.96. The van der Waals surface area contributed by atoms with Gasteiger partial charge >= 0.3 is 0 Å². The Balaban J connectivity index is 1.30. The summed E-state index contributed by atoms with van der Waals surface area (Å²) in [6, 6.07) is 7.79. The van der Waals surface area contributed by atoms with Gasteiger partial charge in [0.1, 0.15) is 0 Å². The van der Waals surface area contributed by atoms with Crippen LogP contribution in [0.15, 0.2) is 43.0 Å². The fourth-order valence-corrected chi connectivity index (χ4v) is 4.26. The second kappa shape index (κ2) is 8.59. The van der Waals surface area contributed by atoms with Crippen LogP contribution in [0.5, 0.6) is 0 Å². The quantitative estimate of drug-likeness (QED) is 0.820. The minimum Gasteiger partial charge on any atom is -0.339 e. The average molecular weight is 380 g/mol. The van der Waals surface area contributed by atoms with Gasteiger partial charge in [-0.15, -0.1) is 0 Å². The van der Waals surface area contributed by atoms with Crippen LogP contribution in [0.25, 0.3) is 0 Å². The molecular weight excluding hydrogens is 352 g/mol. The van der Waals surface area contributed by atoms with Crippen LogP contribution in [0.3, 0.4) is 0 Å². The zero-order chi connectivity index (χ0) is 19.3. The van der Waals surface area contributed by atoms with E-state index in [1.165, 1.54) is 19.3 Å². The van der Waals surface area contributed by atoms with E-state index in [1.807, 2.05) is 44.8 Å². The number of imidazole rings is 1. The molecule has 6 nitrogen and oxygen atoms in total. The van der Waals surface area contributed by atoms with Gasteiger partial charge in [0, 0.05) is 56.6 Å². The first kappa shape index (κ1) is 18.7. The molecule has 0 spiro atoms. The van der Waals surface area contributed by atoms with Crippen molar-refractivity contribution in [2.24, 2.45) is 5.92 Å². The van der Waals surface area contributed by atoms with Crippen LogP contribution in [0, 0.1) is 5.92 Å². The molecule has 28 heavy (non-hydrogen) atoms. The molecule has 1 aromatic heterocycles. The third-order valence-electron chi connectivity index (χ3n) is 5.96. The number of amides is 2. The fourth-order valence-electron chi connectivity index (χ4n) is 4.26. The van der Waals surface area contributed by atoms with Crippen LogP contribution in [0.2, 0.25) is 0 Å². The van der Waals surface area contributed by atoms with Gasteiger partial charge in [-0.25, -0.2) is 4.98 Å². The van der Waals surface area contributed by atoms with Crippen molar-refractivity contribution in [3.8, 4) is 0 Å². The van der Waals surface area contributed by atoms with Gasteiger partial charge in [-0.3, -0.25) is 9.59 Å². The van der Waals surface area contributed by atoms with Gasteiger partial charge in [-0.1, -0.05) is 31.4 Å². The second-order valence-electron chi connectivity index (χ2n) is 7.88. The summed E-state index contributed by atoms with van der Waals surface area (Å²) in [7, 11) is 0. The highest BCUT2D eigenvalue weighted by Gasteiger charge is 2.29. The van der Waals surface area contributed by atoms with Gasteiger partial charge in [0.25, 0.3) is 5.91 Å². The first-order chi connectivity index (χ1) is 13.7. The summed E-state index contributed by atoms with van der Waals surface area (Å²) >= 11 is 0. The SMILES string of the molecule is O=C(c1ccc(Cn2ccnc2)cc1)N1CCN(C(=O)C2CCCCC2)CC1. The van der Waals surface area contributed by atoms with Crippen LogP contribution in [-0.2, 0) is 11.3 Å². The normalized spacial score (nSPS) is 18.3. The Morgan fingerprint density at radius 2 is 1.61 bits per heavy atom. The van der Waals surface area contributed by atoms with Gasteiger partial charge in [-0.05, 0) is 30.5 Å². The van der Waals surface area contributed by atoms with Crippen molar-refractivity contribution in [1.82, 2.24) is 19.4 Å². The monoisotopic (exact) mass is 380 g/mol. The summed E-state index contributed by atoms with van der Waals surface area (Å²) in [6.07, 6.45) is 11.1. The van der Waals surface area contributed by atoms with Crippen molar-refractivity contribution in [2.45, 2.75) is 38.6 Å². The van der Waals surface area contributed by atoms with Crippen LogP contribution < -0.4 is 0 Å². The lowest BCUT2D eigenvalue weighted by Crippen LogP contribution is -2.52. The molecule has 2 heterocycles. The minimum atomic E-state index is 0.0546. The number of rotatable bonds is 4. The van der Waals surface area contributed by atoms with Gasteiger partial charge < -0.3 is 14.4 Å². The maximum absolute atomic E-state index is 12.8. The number of piperazine rings is 1. The van der Waals surface area contributed by atoms with E-state index in [1.54, 1.807) is 12.5 Å². The van der Waals surface area contributed by atoms with E-state index in [9.17, 15) is 9.59 Å². The van der Waals surface area contributed by atoms with E-state index in [-0.39, 0.29) is 11.8 Å². The summed E-state index contributed by atoms with van der Waals surface area (Å²) in [6.45, 7) is 3.29. The summed E-state index contributed by atoms with van der Waals surface area (Å²) in [5.41, 5.74) is 1.85. The number of nitrogens with zero attached hydrogens (tertiary/aromatic N) is 4. The number of hydrogen-bond acceptors (Lipinski definition) is 3. The smallest absolute Gasteiger partial charge is 0.253 e. The standard InChI is InChI=1S/C22H28N4O2/c27-21(19-4-2-1-3-5-19)25-12-14-26(15-13-25)22(28)20-8-6-18(7-9-20)16-24-11-10-23-17-24/h6-11,17,19H,1-5,12-16H2. The molecule has 0 atom stereocenters. The van der Waals surface area contributed by atoms with E-state index in [0.717, 1.165) is 24.9 Å². The lowest BCUT2D eigenvalue weighted by Gasteiger charge is -2.37. The molecule has 1 aromatic carbocycles. The molecule has 4 rings (SSSR count). The Kier molecular flexibility index (Phi) is 5.74. The summed E-state index contributed by atoms with van der Waals surface area (Å²) < 4.78 is 2.00. The van der Waals surface area contributed by atoms with Crippen LogP contribution in [0.1, 0.15) is 48.0 Å². The highest BCUT2D eigenvalue weighted by molar-refractivity contribution is 5.94. The average Bonchev–Trinajstić information content (AvgIpc) is 3.27. The molecule has 0 bridgehead atoms. The topological polar surface area (TPSA) is 58.4 Å².